The number of hydrogen-bond acceptors (Lipinski definition) is 4. The first-order valence-corrected chi connectivity index (χ1v) is 10.7. The number of carbonyl (C=O) groups is 1. The molecule has 0 spiro atoms. The van der Waals surface area contributed by atoms with Crippen LogP contribution in [0.1, 0.15) is 29.1 Å². The molecule has 1 unspecified atom stereocenters. The summed E-state index contributed by atoms with van der Waals surface area (Å²) in [6.07, 6.45) is 1.17. The van der Waals surface area contributed by atoms with Crippen LogP contribution in [-0.4, -0.2) is 20.6 Å². The zero-order valence-corrected chi connectivity index (χ0v) is 16.3. The molecular weight excluding hydrogens is 374 g/mol. The van der Waals surface area contributed by atoms with Crippen molar-refractivity contribution in [1.29, 1.82) is 0 Å². The molecule has 0 aliphatic rings. The van der Waals surface area contributed by atoms with E-state index in [-0.39, 0.29) is 22.6 Å². The lowest BCUT2D eigenvalue weighted by molar-refractivity contribution is 0.0914. The Kier molecular flexibility index (Phi) is 4.43. The van der Waals surface area contributed by atoms with Crippen LogP contribution < -0.4 is 5.32 Å². The number of sulfone groups is 1. The van der Waals surface area contributed by atoms with Gasteiger partial charge in [0, 0.05) is 11.6 Å². The van der Waals surface area contributed by atoms with Gasteiger partial charge in [0.2, 0.25) is 0 Å². The van der Waals surface area contributed by atoms with E-state index in [9.17, 15) is 13.2 Å². The van der Waals surface area contributed by atoms with E-state index in [1.54, 1.807) is 30.3 Å². The standard InChI is InChI=1S/C22H19NO4S/c1-14(15-7-10-17(11-8-15)28(2,25)26)23-22(24)21-13-19-18-6-4-3-5-16(18)9-12-20(19)27-21/h3-14H,1-2H3,(H,23,24). The molecule has 1 amide bonds. The number of benzene rings is 3. The zero-order valence-electron chi connectivity index (χ0n) is 15.5. The summed E-state index contributed by atoms with van der Waals surface area (Å²) >= 11 is 0. The van der Waals surface area contributed by atoms with Gasteiger partial charge >= 0.3 is 0 Å². The maximum absolute atomic E-state index is 12.7. The molecule has 0 bridgehead atoms. The molecule has 5 nitrogen and oxygen atoms in total. The molecule has 1 aromatic heterocycles. The first-order chi connectivity index (χ1) is 13.3. The topological polar surface area (TPSA) is 76.4 Å². The maximum atomic E-state index is 12.7. The Bertz CT molecular complexity index is 1290. The molecule has 1 N–H and O–H groups in total. The quantitative estimate of drug-likeness (QED) is 0.555. The Balaban J connectivity index is 1.58. The highest BCUT2D eigenvalue weighted by Crippen LogP contribution is 2.28. The summed E-state index contributed by atoms with van der Waals surface area (Å²) in [5.74, 6) is -0.0778. The van der Waals surface area contributed by atoms with Gasteiger partial charge in [-0.05, 0) is 47.5 Å². The number of hydrogen-bond donors (Lipinski definition) is 1. The van der Waals surface area contributed by atoms with Crippen LogP contribution in [-0.2, 0) is 9.84 Å². The van der Waals surface area contributed by atoms with Gasteiger partial charge in [-0.3, -0.25) is 4.79 Å². The van der Waals surface area contributed by atoms with E-state index in [0.29, 0.717) is 5.58 Å². The lowest BCUT2D eigenvalue weighted by Gasteiger charge is -2.13. The highest BCUT2D eigenvalue weighted by Gasteiger charge is 2.17. The fourth-order valence-electron chi connectivity index (χ4n) is 3.26. The smallest absolute Gasteiger partial charge is 0.287 e. The largest absolute Gasteiger partial charge is 0.451 e. The van der Waals surface area contributed by atoms with Crippen molar-refractivity contribution in [2.24, 2.45) is 0 Å². The zero-order chi connectivity index (χ0) is 19.9. The van der Waals surface area contributed by atoms with Gasteiger partial charge in [-0.25, -0.2) is 8.42 Å². The van der Waals surface area contributed by atoms with Crippen LogP contribution in [0.5, 0.6) is 0 Å². The third-order valence-corrected chi connectivity index (χ3v) is 5.93. The first kappa shape index (κ1) is 18.3. The lowest BCUT2D eigenvalue weighted by Crippen LogP contribution is -2.26. The van der Waals surface area contributed by atoms with Gasteiger partial charge in [-0.2, -0.15) is 0 Å². The molecule has 142 valence electrons. The Morgan fingerprint density at radius 2 is 1.68 bits per heavy atom. The van der Waals surface area contributed by atoms with E-state index in [1.165, 1.54) is 6.26 Å². The van der Waals surface area contributed by atoms with Crippen molar-refractivity contribution in [2.75, 3.05) is 6.26 Å². The monoisotopic (exact) mass is 393 g/mol. The Labute approximate surface area is 162 Å². The Hall–Kier alpha value is -3.12. The molecule has 4 rings (SSSR count). The van der Waals surface area contributed by atoms with Crippen LogP contribution in [0, 0.1) is 0 Å². The van der Waals surface area contributed by atoms with Gasteiger partial charge in [0.05, 0.1) is 10.9 Å². The molecule has 28 heavy (non-hydrogen) atoms. The molecule has 0 fully saturated rings. The molecule has 0 aliphatic carbocycles. The minimum Gasteiger partial charge on any atom is -0.451 e. The molecule has 6 heteroatoms. The van der Waals surface area contributed by atoms with Gasteiger partial charge < -0.3 is 9.73 Å². The summed E-state index contributed by atoms with van der Waals surface area (Å²) in [6.45, 7) is 1.84. The molecule has 1 heterocycles. The number of amides is 1. The highest BCUT2D eigenvalue weighted by atomic mass is 32.2. The van der Waals surface area contributed by atoms with Gasteiger partial charge in [0.1, 0.15) is 5.58 Å². The number of carbonyl (C=O) groups excluding carboxylic acids is 1. The molecule has 3 aromatic carbocycles. The molecule has 0 aliphatic heterocycles. The van der Waals surface area contributed by atoms with E-state index >= 15 is 0 Å². The second-order valence-corrected chi connectivity index (χ2v) is 8.86. The summed E-state index contributed by atoms with van der Waals surface area (Å²) in [4.78, 5) is 12.9. The second-order valence-electron chi connectivity index (χ2n) is 6.85. The summed E-state index contributed by atoms with van der Waals surface area (Å²) in [5, 5.41) is 5.91. The van der Waals surface area contributed by atoms with E-state index < -0.39 is 9.84 Å². The first-order valence-electron chi connectivity index (χ1n) is 8.85. The maximum Gasteiger partial charge on any atom is 0.287 e. The van der Waals surface area contributed by atoms with E-state index in [1.807, 2.05) is 43.3 Å². The predicted molar refractivity (Wildman–Crippen MR) is 109 cm³/mol. The predicted octanol–water partition coefficient (Wildman–Crippen LogP) is 4.48. The molecule has 1 atom stereocenters. The van der Waals surface area contributed by atoms with Gasteiger partial charge in [0.25, 0.3) is 5.91 Å². The number of rotatable bonds is 4. The molecular formula is C22H19NO4S. The highest BCUT2D eigenvalue weighted by molar-refractivity contribution is 7.90. The van der Waals surface area contributed by atoms with Crippen molar-refractivity contribution in [1.82, 2.24) is 5.32 Å². The average Bonchev–Trinajstić information content (AvgIpc) is 3.12. The number of furan rings is 1. The molecule has 4 aromatic rings. The van der Waals surface area contributed by atoms with Crippen LogP contribution in [0.25, 0.3) is 21.7 Å². The van der Waals surface area contributed by atoms with E-state index in [4.69, 9.17) is 4.42 Å². The lowest BCUT2D eigenvalue weighted by atomic mass is 10.1. The Morgan fingerprint density at radius 3 is 2.39 bits per heavy atom. The van der Waals surface area contributed by atoms with Crippen molar-refractivity contribution in [3.63, 3.8) is 0 Å². The van der Waals surface area contributed by atoms with Crippen molar-refractivity contribution < 1.29 is 17.6 Å². The van der Waals surface area contributed by atoms with Crippen LogP contribution in [0.4, 0.5) is 0 Å². The van der Waals surface area contributed by atoms with E-state index in [2.05, 4.69) is 5.32 Å². The number of nitrogens with one attached hydrogen (secondary N) is 1. The third kappa shape index (κ3) is 3.39. The number of fused-ring (bicyclic) bond motifs is 3. The van der Waals surface area contributed by atoms with Crippen LogP contribution >= 0.6 is 0 Å². The van der Waals surface area contributed by atoms with E-state index in [0.717, 1.165) is 21.7 Å². The van der Waals surface area contributed by atoms with Crippen LogP contribution in [0.2, 0.25) is 0 Å². The van der Waals surface area contributed by atoms with Crippen molar-refractivity contribution >= 4 is 37.5 Å². The van der Waals surface area contributed by atoms with Crippen LogP contribution in [0.15, 0.2) is 76.0 Å². The average molecular weight is 393 g/mol. The summed E-state index contributed by atoms with van der Waals surface area (Å²) in [5.41, 5.74) is 1.47. The molecule has 0 radical (unpaired) electrons. The van der Waals surface area contributed by atoms with Crippen molar-refractivity contribution in [3.05, 3.63) is 78.1 Å². The summed E-state index contributed by atoms with van der Waals surface area (Å²) < 4.78 is 28.9. The summed E-state index contributed by atoms with van der Waals surface area (Å²) in [6, 6.07) is 19.7. The minimum absolute atomic E-state index is 0.242. The van der Waals surface area contributed by atoms with Crippen LogP contribution in [0.3, 0.4) is 0 Å². The summed E-state index contributed by atoms with van der Waals surface area (Å²) in [7, 11) is -3.25. The normalized spacial score (nSPS) is 12.9. The fourth-order valence-corrected chi connectivity index (χ4v) is 3.89. The minimum atomic E-state index is -3.25. The van der Waals surface area contributed by atoms with Crippen molar-refractivity contribution in [2.45, 2.75) is 17.9 Å². The van der Waals surface area contributed by atoms with Gasteiger partial charge in [-0.1, -0.05) is 42.5 Å². The third-order valence-electron chi connectivity index (χ3n) is 4.81. The fraction of sp³-hybridized carbons (Fsp3) is 0.136. The SMILES string of the molecule is CC(NC(=O)c1cc2c(ccc3ccccc32)o1)c1ccc(S(C)(=O)=O)cc1. The Morgan fingerprint density at radius 1 is 0.964 bits per heavy atom. The van der Waals surface area contributed by atoms with Gasteiger partial charge in [-0.15, -0.1) is 0 Å². The molecule has 0 saturated heterocycles. The molecule has 0 saturated carbocycles. The van der Waals surface area contributed by atoms with Crippen molar-refractivity contribution in [3.8, 4) is 0 Å². The van der Waals surface area contributed by atoms with Gasteiger partial charge in [0.15, 0.2) is 15.6 Å². The second kappa shape index (κ2) is 6.80.